The van der Waals surface area contributed by atoms with Crippen molar-refractivity contribution in [2.75, 3.05) is 13.2 Å². The van der Waals surface area contributed by atoms with Gasteiger partial charge in [-0.2, -0.15) is 13.2 Å². The number of alkyl halides is 3. The van der Waals surface area contributed by atoms with Crippen molar-refractivity contribution in [2.45, 2.75) is 25.1 Å². The van der Waals surface area contributed by atoms with Gasteiger partial charge in [0.25, 0.3) is 0 Å². The smallest absolute Gasteiger partial charge is 0.411 e. The Morgan fingerprint density at radius 1 is 1.50 bits per heavy atom. The second-order valence-corrected chi connectivity index (χ2v) is 3.14. The maximum atomic E-state index is 11.6. The minimum absolute atomic E-state index is 0.168. The van der Waals surface area contributed by atoms with Gasteiger partial charge in [0, 0.05) is 6.61 Å². The Bertz CT molecular complexity index is 203. The summed E-state index contributed by atoms with van der Waals surface area (Å²) in [7, 11) is 0. The fraction of sp³-hybridized carbons (Fsp3) is 0.857. The van der Waals surface area contributed by atoms with E-state index in [2.05, 4.69) is 4.74 Å². The first-order valence-electron chi connectivity index (χ1n) is 3.82. The first-order valence-corrected chi connectivity index (χ1v) is 3.82. The molecule has 0 radical (unpaired) electrons. The Morgan fingerprint density at radius 3 is 2.36 bits per heavy atom. The molecule has 0 amide bonds. The van der Waals surface area contributed by atoms with Crippen LogP contribution in [-0.2, 0) is 9.53 Å². The maximum Gasteiger partial charge on any atom is 0.411 e. The first-order chi connectivity index (χ1) is 6.15. The number of ether oxygens (including phenoxy) is 1. The second-order valence-electron chi connectivity index (χ2n) is 3.14. The molecular weight excluding hydrogens is 203 g/mol. The van der Waals surface area contributed by atoms with Crippen molar-refractivity contribution < 1.29 is 27.8 Å². The molecular formula is C7H12F3NO3. The first kappa shape index (κ1) is 13.2. The third kappa shape index (κ3) is 5.76. The number of rotatable bonds is 5. The number of carboxylic acids is 1. The van der Waals surface area contributed by atoms with Crippen LogP contribution in [0.25, 0.3) is 0 Å². The summed E-state index contributed by atoms with van der Waals surface area (Å²) in [5.74, 6) is -1.27. The van der Waals surface area contributed by atoms with Crippen LogP contribution < -0.4 is 5.73 Å². The van der Waals surface area contributed by atoms with Crippen molar-refractivity contribution >= 4 is 5.97 Å². The van der Waals surface area contributed by atoms with Crippen molar-refractivity contribution in [3.8, 4) is 0 Å². The van der Waals surface area contributed by atoms with E-state index in [1.54, 1.807) is 0 Å². The molecule has 1 unspecified atom stereocenters. The average molecular weight is 215 g/mol. The predicted octanol–water partition coefficient (Wildman–Crippen LogP) is 0.757. The van der Waals surface area contributed by atoms with Gasteiger partial charge in [0.15, 0.2) is 0 Å². The monoisotopic (exact) mass is 215 g/mol. The highest BCUT2D eigenvalue weighted by atomic mass is 19.4. The van der Waals surface area contributed by atoms with E-state index in [0.717, 1.165) is 0 Å². The minimum Gasteiger partial charge on any atom is -0.480 e. The van der Waals surface area contributed by atoms with Crippen molar-refractivity contribution in [2.24, 2.45) is 5.73 Å². The number of halogens is 3. The van der Waals surface area contributed by atoms with E-state index in [1.165, 1.54) is 6.92 Å². The Hall–Kier alpha value is -0.820. The van der Waals surface area contributed by atoms with E-state index < -0.39 is 24.3 Å². The summed E-state index contributed by atoms with van der Waals surface area (Å²) in [5.41, 5.74) is 3.70. The number of carbonyl (C=O) groups is 1. The van der Waals surface area contributed by atoms with Crippen LogP contribution >= 0.6 is 0 Å². The molecule has 0 aliphatic carbocycles. The molecule has 84 valence electrons. The van der Waals surface area contributed by atoms with Crippen LogP contribution in [0.1, 0.15) is 13.3 Å². The van der Waals surface area contributed by atoms with Gasteiger partial charge in [0.1, 0.15) is 12.1 Å². The zero-order valence-electron chi connectivity index (χ0n) is 7.60. The summed E-state index contributed by atoms with van der Waals surface area (Å²) in [6, 6.07) is 0. The lowest BCUT2D eigenvalue weighted by Crippen LogP contribution is -2.45. The van der Waals surface area contributed by atoms with Gasteiger partial charge in [-0.15, -0.1) is 0 Å². The zero-order valence-corrected chi connectivity index (χ0v) is 7.60. The summed E-state index contributed by atoms with van der Waals surface area (Å²) in [4.78, 5) is 10.4. The molecule has 7 heteroatoms. The van der Waals surface area contributed by atoms with Crippen LogP contribution in [0.2, 0.25) is 0 Å². The molecule has 0 aromatic carbocycles. The lowest BCUT2D eigenvalue weighted by Gasteiger charge is -2.18. The number of hydrogen-bond donors (Lipinski definition) is 2. The molecule has 0 bridgehead atoms. The summed E-state index contributed by atoms with van der Waals surface area (Å²) in [5, 5.41) is 8.50. The molecule has 14 heavy (non-hydrogen) atoms. The molecule has 0 spiro atoms. The molecule has 0 aromatic rings. The molecule has 0 aromatic heterocycles. The van der Waals surface area contributed by atoms with E-state index in [-0.39, 0.29) is 13.0 Å². The van der Waals surface area contributed by atoms with E-state index in [4.69, 9.17) is 10.8 Å². The van der Waals surface area contributed by atoms with Crippen molar-refractivity contribution in [1.29, 1.82) is 0 Å². The van der Waals surface area contributed by atoms with Crippen LogP contribution in [0.4, 0.5) is 13.2 Å². The Balaban J connectivity index is 3.70. The van der Waals surface area contributed by atoms with Gasteiger partial charge in [0.05, 0.1) is 0 Å². The molecule has 0 aliphatic heterocycles. The highest BCUT2D eigenvalue weighted by molar-refractivity contribution is 5.77. The minimum atomic E-state index is -4.39. The Kier molecular flexibility index (Phi) is 4.34. The van der Waals surface area contributed by atoms with Crippen LogP contribution in [0.15, 0.2) is 0 Å². The van der Waals surface area contributed by atoms with Gasteiger partial charge in [-0.25, -0.2) is 0 Å². The Morgan fingerprint density at radius 2 is 2.00 bits per heavy atom. The third-order valence-corrected chi connectivity index (χ3v) is 1.52. The molecule has 0 aliphatic rings. The topological polar surface area (TPSA) is 72.5 Å². The summed E-state index contributed by atoms with van der Waals surface area (Å²) in [6.45, 7) is -0.506. The fourth-order valence-electron chi connectivity index (χ4n) is 0.579. The Labute approximate surface area is 78.8 Å². The van der Waals surface area contributed by atoms with Gasteiger partial charge < -0.3 is 15.6 Å². The summed E-state index contributed by atoms with van der Waals surface area (Å²) >= 11 is 0. The van der Waals surface area contributed by atoms with E-state index in [1.807, 2.05) is 0 Å². The zero-order chi connectivity index (χ0) is 11.4. The lowest BCUT2D eigenvalue weighted by atomic mass is 10.0. The molecule has 0 saturated heterocycles. The van der Waals surface area contributed by atoms with Crippen LogP contribution in [0, 0.1) is 0 Å². The van der Waals surface area contributed by atoms with E-state index >= 15 is 0 Å². The quantitative estimate of drug-likeness (QED) is 0.664. The lowest BCUT2D eigenvalue weighted by molar-refractivity contribution is -0.175. The van der Waals surface area contributed by atoms with Gasteiger partial charge in [-0.3, -0.25) is 4.79 Å². The van der Waals surface area contributed by atoms with Gasteiger partial charge in [-0.05, 0) is 13.3 Å². The average Bonchev–Trinajstić information content (AvgIpc) is 1.96. The highest BCUT2D eigenvalue weighted by Crippen LogP contribution is 2.15. The summed E-state index contributed by atoms with van der Waals surface area (Å²) < 4.78 is 38.9. The number of hydrogen-bond acceptors (Lipinski definition) is 3. The molecule has 0 saturated carbocycles. The number of aliphatic carboxylic acids is 1. The van der Waals surface area contributed by atoms with Gasteiger partial charge >= 0.3 is 12.1 Å². The van der Waals surface area contributed by atoms with E-state index in [9.17, 15) is 18.0 Å². The highest BCUT2D eigenvalue weighted by Gasteiger charge is 2.30. The largest absolute Gasteiger partial charge is 0.480 e. The number of nitrogens with two attached hydrogens (primary N) is 1. The van der Waals surface area contributed by atoms with Crippen LogP contribution in [0.5, 0.6) is 0 Å². The van der Waals surface area contributed by atoms with Crippen LogP contribution in [0.3, 0.4) is 0 Å². The molecule has 1 atom stereocenters. The maximum absolute atomic E-state index is 11.6. The van der Waals surface area contributed by atoms with Crippen molar-refractivity contribution in [3.05, 3.63) is 0 Å². The predicted molar refractivity (Wildman–Crippen MR) is 41.7 cm³/mol. The standard InChI is InChI=1S/C7H12F3NO3/c1-6(11,5(12)13)2-3-14-4-7(8,9)10/h2-4,11H2,1H3,(H,12,13). The second kappa shape index (κ2) is 4.61. The van der Waals surface area contributed by atoms with Gasteiger partial charge in [0.2, 0.25) is 0 Å². The molecule has 4 nitrogen and oxygen atoms in total. The van der Waals surface area contributed by atoms with Crippen LogP contribution in [-0.4, -0.2) is 36.0 Å². The normalized spacial score (nSPS) is 16.4. The molecule has 0 heterocycles. The molecule has 0 fully saturated rings. The SMILES string of the molecule is CC(N)(CCOCC(F)(F)F)C(=O)O. The van der Waals surface area contributed by atoms with E-state index in [0.29, 0.717) is 0 Å². The fourth-order valence-corrected chi connectivity index (χ4v) is 0.579. The summed E-state index contributed by atoms with van der Waals surface area (Å²) in [6.07, 6.45) is -4.56. The molecule has 0 rings (SSSR count). The molecule has 3 N–H and O–H groups in total. The number of carboxylic acid groups (broad SMARTS) is 1. The van der Waals surface area contributed by atoms with Gasteiger partial charge in [-0.1, -0.05) is 0 Å². The van der Waals surface area contributed by atoms with Crippen molar-refractivity contribution in [1.82, 2.24) is 0 Å². The van der Waals surface area contributed by atoms with Crippen molar-refractivity contribution in [3.63, 3.8) is 0 Å². The third-order valence-electron chi connectivity index (χ3n) is 1.52.